The molecule has 1 aliphatic heterocycles. The van der Waals surface area contributed by atoms with Crippen molar-refractivity contribution >= 4 is 27.7 Å². The number of hydrogen-bond donors (Lipinski definition) is 1. The number of carbonyl (C=O) groups is 1. The van der Waals surface area contributed by atoms with E-state index in [4.69, 9.17) is 9.47 Å². The number of nitrogens with one attached hydrogen (secondary N) is 1. The third kappa shape index (κ3) is 5.90. The van der Waals surface area contributed by atoms with Gasteiger partial charge in [-0.3, -0.25) is 0 Å². The summed E-state index contributed by atoms with van der Waals surface area (Å²) in [5, 5.41) is 2.47. The Balaban J connectivity index is 1.61. The fraction of sp³-hybridized carbons (Fsp3) is 0.381. The normalized spacial score (nSPS) is 17.4. The molecular formula is C21H25NO5S2. The van der Waals surface area contributed by atoms with Crippen LogP contribution in [0.3, 0.4) is 0 Å². The fourth-order valence-corrected chi connectivity index (χ4v) is 6.40. The molecular weight excluding hydrogens is 410 g/mol. The molecule has 0 bridgehead atoms. The Bertz CT molecular complexity index is 968. The van der Waals surface area contributed by atoms with Gasteiger partial charge in [-0.25, -0.2) is 13.2 Å². The van der Waals surface area contributed by atoms with Crippen LogP contribution < -0.4 is 10.1 Å². The highest BCUT2D eigenvalue weighted by atomic mass is 32.2. The molecule has 6 nitrogen and oxygen atoms in total. The Kier molecular flexibility index (Phi) is 6.43. The van der Waals surface area contributed by atoms with E-state index in [2.05, 4.69) is 5.32 Å². The molecule has 0 aromatic heterocycles. The molecule has 1 heterocycles. The molecule has 1 amide bonds. The van der Waals surface area contributed by atoms with E-state index in [-0.39, 0.29) is 24.2 Å². The van der Waals surface area contributed by atoms with Crippen LogP contribution in [0.4, 0.5) is 4.79 Å². The highest BCUT2D eigenvalue weighted by Crippen LogP contribution is 2.45. The largest absolute Gasteiger partial charge is 0.492 e. The number of amides is 1. The molecule has 2 aromatic carbocycles. The van der Waals surface area contributed by atoms with Crippen LogP contribution in [0.25, 0.3) is 0 Å². The first-order chi connectivity index (χ1) is 13.6. The maximum atomic E-state index is 12.6. The minimum Gasteiger partial charge on any atom is -0.492 e. The summed E-state index contributed by atoms with van der Waals surface area (Å²) in [6.45, 7) is 5.83. The highest BCUT2D eigenvalue weighted by Gasteiger charge is 2.35. The van der Waals surface area contributed by atoms with Crippen LogP contribution in [0.2, 0.25) is 0 Å². The highest BCUT2D eigenvalue weighted by molar-refractivity contribution is 8.01. The van der Waals surface area contributed by atoms with Crippen LogP contribution in [-0.2, 0) is 14.6 Å². The van der Waals surface area contributed by atoms with Crippen LogP contribution in [0.5, 0.6) is 5.75 Å². The van der Waals surface area contributed by atoms with Gasteiger partial charge in [0.2, 0.25) is 0 Å². The van der Waals surface area contributed by atoms with Gasteiger partial charge in [0.25, 0.3) is 0 Å². The van der Waals surface area contributed by atoms with E-state index in [1.54, 1.807) is 44.7 Å². The Morgan fingerprint density at radius 2 is 1.90 bits per heavy atom. The fourth-order valence-electron chi connectivity index (χ4n) is 2.92. The second-order valence-corrected chi connectivity index (χ2v) is 11.0. The number of rotatable bonds is 6. The molecule has 3 rings (SSSR count). The molecule has 1 unspecified atom stereocenters. The number of carbonyl (C=O) groups excluding carboxylic acids is 1. The quantitative estimate of drug-likeness (QED) is 0.685. The zero-order valence-corrected chi connectivity index (χ0v) is 18.3. The van der Waals surface area contributed by atoms with Crippen LogP contribution in [-0.4, -0.2) is 39.0 Å². The predicted molar refractivity (Wildman–Crippen MR) is 113 cm³/mol. The zero-order chi connectivity index (χ0) is 21.1. The molecule has 1 atom stereocenters. The first kappa shape index (κ1) is 21.5. The van der Waals surface area contributed by atoms with Gasteiger partial charge in [-0.05, 0) is 50.6 Å². The van der Waals surface area contributed by atoms with Gasteiger partial charge < -0.3 is 14.8 Å². The summed E-state index contributed by atoms with van der Waals surface area (Å²) in [6, 6.07) is 14.9. The molecule has 0 saturated heterocycles. The molecule has 156 valence electrons. The van der Waals surface area contributed by atoms with E-state index < -0.39 is 21.5 Å². The summed E-state index contributed by atoms with van der Waals surface area (Å²) in [5.41, 5.74) is 0.242. The molecule has 0 radical (unpaired) electrons. The molecule has 1 N–H and O–H groups in total. The van der Waals surface area contributed by atoms with Crippen molar-refractivity contribution < 1.29 is 22.7 Å². The zero-order valence-electron chi connectivity index (χ0n) is 16.7. The van der Waals surface area contributed by atoms with Crippen molar-refractivity contribution in [1.29, 1.82) is 0 Å². The van der Waals surface area contributed by atoms with E-state index in [0.29, 0.717) is 10.6 Å². The van der Waals surface area contributed by atoms with Gasteiger partial charge in [-0.2, -0.15) is 0 Å². The van der Waals surface area contributed by atoms with Crippen molar-refractivity contribution in [2.75, 3.05) is 18.9 Å². The van der Waals surface area contributed by atoms with Crippen LogP contribution in [0.15, 0.2) is 58.3 Å². The Hall–Kier alpha value is -2.19. The number of thioether (sulfide) groups is 1. The van der Waals surface area contributed by atoms with Crippen LogP contribution in [0.1, 0.15) is 31.6 Å². The van der Waals surface area contributed by atoms with E-state index in [1.165, 1.54) is 0 Å². The molecule has 29 heavy (non-hydrogen) atoms. The molecule has 0 fully saturated rings. The second kappa shape index (κ2) is 8.67. The number of benzene rings is 2. The minimum atomic E-state index is -3.35. The SMILES string of the molecule is CC(C)(C)OC(=O)NCCOc1ccc2c(c1)S(=O)(=O)CC2Sc1ccccc1. The number of alkyl carbamates (subject to hydrolysis) is 1. The molecule has 0 aliphatic carbocycles. The van der Waals surface area contributed by atoms with E-state index in [0.717, 1.165) is 10.5 Å². The molecule has 2 aromatic rings. The maximum absolute atomic E-state index is 12.6. The average Bonchev–Trinajstić information content (AvgIpc) is 2.88. The van der Waals surface area contributed by atoms with Crippen molar-refractivity contribution in [3.8, 4) is 5.75 Å². The monoisotopic (exact) mass is 435 g/mol. The number of fused-ring (bicyclic) bond motifs is 1. The summed E-state index contributed by atoms with van der Waals surface area (Å²) in [4.78, 5) is 13.0. The van der Waals surface area contributed by atoms with Crippen molar-refractivity contribution in [1.82, 2.24) is 5.32 Å². The van der Waals surface area contributed by atoms with Gasteiger partial charge in [0.1, 0.15) is 18.0 Å². The van der Waals surface area contributed by atoms with Gasteiger partial charge in [-0.15, -0.1) is 11.8 Å². The lowest BCUT2D eigenvalue weighted by Crippen LogP contribution is -2.34. The lowest BCUT2D eigenvalue weighted by molar-refractivity contribution is 0.0520. The van der Waals surface area contributed by atoms with Crippen molar-refractivity contribution in [3.05, 3.63) is 54.1 Å². The molecule has 0 spiro atoms. The summed E-state index contributed by atoms with van der Waals surface area (Å²) in [6.07, 6.45) is -0.515. The van der Waals surface area contributed by atoms with Crippen molar-refractivity contribution in [2.24, 2.45) is 0 Å². The summed E-state index contributed by atoms with van der Waals surface area (Å²) >= 11 is 1.55. The molecule has 8 heteroatoms. The lowest BCUT2D eigenvalue weighted by atomic mass is 10.1. The Morgan fingerprint density at radius 1 is 1.17 bits per heavy atom. The van der Waals surface area contributed by atoms with E-state index in [9.17, 15) is 13.2 Å². The maximum Gasteiger partial charge on any atom is 0.407 e. The smallest absolute Gasteiger partial charge is 0.407 e. The van der Waals surface area contributed by atoms with Crippen LogP contribution in [0, 0.1) is 0 Å². The minimum absolute atomic E-state index is 0.0749. The standard InChI is InChI=1S/C21H25NO5S2/c1-21(2,3)27-20(23)22-11-12-26-15-9-10-17-18(14-29(24,25)19(17)13-15)28-16-7-5-4-6-8-16/h4-10,13,18H,11-12,14H2,1-3H3,(H,22,23). The van der Waals surface area contributed by atoms with Gasteiger partial charge in [0.15, 0.2) is 9.84 Å². The third-order valence-electron chi connectivity index (χ3n) is 4.10. The first-order valence-corrected chi connectivity index (χ1v) is 11.9. The number of ether oxygens (including phenoxy) is 2. The second-order valence-electron chi connectivity index (χ2n) is 7.68. The van der Waals surface area contributed by atoms with Gasteiger partial charge >= 0.3 is 6.09 Å². The van der Waals surface area contributed by atoms with Crippen molar-refractivity contribution in [3.63, 3.8) is 0 Å². The summed E-state index contributed by atoms with van der Waals surface area (Å²) < 4.78 is 36.0. The van der Waals surface area contributed by atoms with Crippen LogP contribution >= 0.6 is 11.8 Å². The Labute approximate surface area is 175 Å². The predicted octanol–water partition coefficient (Wildman–Crippen LogP) is 4.21. The third-order valence-corrected chi connectivity index (χ3v) is 7.35. The lowest BCUT2D eigenvalue weighted by Gasteiger charge is -2.19. The summed E-state index contributed by atoms with van der Waals surface area (Å²) in [7, 11) is -3.35. The molecule has 0 saturated carbocycles. The van der Waals surface area contributed by atoms with Gasteiger partial charge in [0.05, 0.1) is 22.4 Å². The average molecular weight is 436 g/mol. The molecule has 1 aliphatic rings. The van der Waals surface area contributed by atoms with E-state index >= 15 is 0 Å². The van der Waals surface area contributed by atoms with Gasteiger partial charge in [0, 0.05) is 4.90 Å². The number of sulfone groups is 1. The van der Waals surface area contributed by atoms with Gasteiger partial charge in [-0.1, -0.05) is 24.3 Å². The topological polar surface area (TPSA) is 81.7 Å². The van der Waals surface area contributed by atoms with E-state index in [1.807, 2.05) is 36.4 Å². The summed E-state index contributed by atoms with van der Waals surface area (Å²) in [5.74, 6) is 0.537. The Morgan fingerprint density at radius 3 is 2.59 bits per heavy atom. The van der Waals surface area contributed by atoms with Crippen molar-refractivity contribution in [2.45, 2.75) is 41.4 Å². The first-order valence-electron chi connectivity index (χ1n) is 9.32. The number of hydrogen-bond acceptors (Lipinski definition) is 6.